The molecule has 0 fully saturated rings. The second-order valence-electron chi connectivity index (χ2n) is 7.00. The Kier molecular flexibility index (Phi) is 5.17. The molecule has 5 rings (SSSR count). The Morgan fingerprint density at radius 1 is 1.16 bits per heavy atom. The number of ether oxygens (including phenoxy) is 2. The molecule has 2 aromatic heterocycles. The van der Waals surface area contributed by atoms with E-state index in [0.717, 1.165) is 27.4 Å². The summed E-state index contributed by atoms with van der Waals surface area (Å²) in [7, 11) is 0. The Morgan fingerprint density at radius 3 is 2.87 bits per heavy atom. The lowest BCUT2D eigenvalue weighted by molar-refractivity contribution is -0.119. The van der Waals surface area contributed by atoms with Gasteiger partial charge in [-0.1, -0.05) is 36.0 Å². The van der Waals surface area contributed by atoms with E-state index in [1.807, 2.05) is 55.5 Å². The average molecular weight is 433 g/mol. The fourth-order valence-electron chi connectivity index (χ4n) is 3.38. The zero-order chi connectivity index (χ0) is 21.2. The Hall–Kier alpha value is -3.59. The van der Waals surface area contributed by atoms with Gasteiger partial charge in [0.25, 0.3) is 0 Å². The van der Waals surface area contributed by atoms with Gasteiger partial charge in [0.1, 0.15) is 11.4 Å². The molecule has 1 aliphatic heterocycles. The van der Waals surface area contributed by atoms with Crippen LogP contribution in [0.25, 0.3) is 16.7 Å². The van der Waals surface area contributed by atoms with Gasteiger partial charge >= 0.3 is 0 Å². The van der Waals surface area contributed by atoms with E-state index in [2.05, 4.69) is 20.4 Å². The lowest BCUT2D eigenvalue weighted by Gasteiger charge is -2.14. The zero-order valence-electron chi connectivity index (χ0n) is 16.7. The minimum absolute atomic E-state index is 0.0858. The molecule has 0 bridgehead atoms. The summed E-state index contributed by atoms with van der Waals surface area (Å²) in [4.78, 5) is 21.3. The third-order valence-electron chi connectivity index (χ3n) is 4.94. The van der Waals surface area contributed by atoms with E-state index >= 15 is 0 Å². The minimum Gasteiger partial charge on any atom is -0.454 e. The van der Waals surface area contributed by atoms with Gasteiger partial charge in [-0.2, -0.15) is 5.10 Å². The van der Waals surface area contributed by atoms with Crippen molar-refractivity contribution in [1.82, 2.24) is 25.1 Å². The van der Waals surface area contributed by atoms with Gasteiger partial charge in [-0.15, -0.1) is 0 Å². The van der Waals surface area contributed by atoms with Gasteiger partial charge in [-0.3, -0.25) is 4.79 Å². The number of aromatic nitrogens is 4. The smallest absolute Gasteiger partial charge is 0.231 e. The van der Waals surface area contributed by atoms with Crippen molar-refractivity contribution in [3.8, 4) is 17.2 Å². The summed E-state index contributed by atoms with van der Waals surface area (Å²) in [6.07, 6.45) is 3.23. The first-order valence-electron chi connectivity index (χ1n) is 9.75. The molecule has 0 saturated carbocycles. The molecule has 8 nitrogen and oxygen atoms in total. The largest absolute Gasteiger partial charge is 0.454 e. The van der Waals surface area contributed by atoms with Crippen molar-refractivity contribution < 1.29 is 14.3 Å². The van der Waals surface area contributed by atoms with Crippen LogP contribution in [0.5, 0.6) is 11.5 Å². The number of nitrogens with one attached hydrogen (secondary N) is 1. The van der Waals surface area contributed by atoms with Crippen LogP contribution in [-0.4, -0.2) is 38.2 Å². The molecule has 31 heavy (non-hydrogen) atoms. The predicted molar refractivity (Wildman–Crippen MR) is 117 cm³/mol. The van der Waals surface area contributed by atoms with E-state index in [4.69, 9.17) is 9.47 Å². The molecule has 2 aromatic carbocycles. The average Bonchev–Trinajstić information content (AvgIpc) is 3.45. The molecule has 0 radical (unpaired) electrons. The molecule has 1 atom stereocenters. The van der Waals surface area contributed by atoms with E-state index < -0.39 is 0 Å². The number of carbonyl (C=O) groups is 1. The highest BCUT2D eigenvalue weighted by Gasteiger charge is 2.18. The van der Waals surface area contributed by atoms with Gasteiger partial charge in [0.2, 0.25) is 12.7 Å². The highest BCUT2D eigenvalue weighted by molar-refractivity contribution is 8.00. The van der Waals surface area contributed by atoms with Gasteiger partial charge in [0.05, 0.1) is 29.1 Å². The quantitative estimate of drug-likeness (QED) is 0.367. The highest BCUT2D eigenvalue weighted by Crippen LogP contribution is 2.34. The van der Waals surface area contributed by atoms with Crippen LogP contribution in [0.15, 0.2) is 66.1 Å². The zero-order valence-corrected chi connectivity index (χ0v) is 17.5. The van der Waals surface area contributed by atoms with E-state index in [9.17, 15) is 4.79 Å². The standard InChI is InChI=1S/C22H19N5O3S/c1-14(15-7-8-18-19(9-15)30-13-29-18)26-20(28)11-31-22-17-10-25-27(21(17)23-12-24-22)16-5-3-2-4-6-16/h2-10,12,14H,11,13H2,1H3,(H,26,28)/t14-/m1/s1. The van der Waals surface area contributed by atoms with Crippen LogP contribution >= 0.6 is 11.8 Å². The number of thioether (sulfide) groups is 1. The van der Waals surface area contributed by atoms with E-state index in [0.29, 0.717) is 11.4 Å². The molecule has 0 unspecified atom stereocenters. The topological polar surface area (TPSA) is 91.2 Å². The number of fused-ring (bicyclic) bond motifs is 2. The number of carbonyl (C=O) groups excluding carboxylic acids is 1. The van der Waals surface area contributed by atoms with Gasteiger partial charge < -0.3 is 14.8 Å². The number of hydrogen-bond donors (Lipinski definition) is 1. The van der Waals surface area contributed by atoms with Crippen LogP contribution in [-0.2, 0) is 4.79 Å². The molecule has 1 aliphatic rings. The summed E-state index contributed by atoms with van der Waals surface area (Å²) in [5.74, 6) is 1.57. The molecule has 4 aromatic rings. The van der Waals surface area contributed by atoms with E-state index in [1.54, 1.807) is 10.9 Å². The first-order valence-corrected chi connectivity index (χ1v) is 10.7. The van der Waals surface area contributed by atoms with Crippen molar-refractivity contribution in [1.29, 1.82) is 0 Å². The summed E-state index contributed by atoms with van der Waals surface area (Å²) >= 11 is 1.36. The van der Waals surface area contributed by atoms with Crippen LogP contribution in [0.1, 0.15) is 18.5 Å². The lowest BCUT2D eigenvalue weighted by Crippen LogP contribution is -2.28. The van der Waals surface area contributed by atoms with Gasteiger partial charge in [0.15, 0.2) is 17.1 Å². The number of benzene rings is 2. The molecule has 0 aliphatic carbocycles. The fraction of sp³-hybridized carbons (Fsp3) is 0.182. The van der Waals surface area contributed by atoms with Crippen molar-refractivity contribution in [2.75, 3.05) is 12.5 Å². The van der Waals surface area contributed by atoms with Crippen LogP contribution in [0.4, 0.5) is 0 Å². The van der Waals surface area contributed by atoms with Crippen LogP contribution < -0.4 is 14.8 Å². The van der Waals surface area contributed by atoms with Gasteiger partial charge in [-0.25, -0.2) is 14.6 Å². The van der Waals surface area contributed by atoms with Crippen LogP contribution in [0.2, 0.25) is 0 Å². The molecular weight excluding hydrogens is 414 g/mol. The Labute approximate surface area is 182 Å². The molecule has 0 saturated heterocycles. The SMILES string of the molecule is C[C@@H](NC(=O)CSc1ncnc2c1cnn2-c1ccccc1)c1ccc2c(c1)OCO2. The number of amides is 1. The molecule has 3 heterocycles. The summed E-state index contributed by atoms with van der Waals surface area (Å²) in [5.41, 5.74) is 2.58. The molecule has 0 spiro atoms. The van der Waals surface area contributed by atoms with Gasteiger partial charge in [-0.05, 0) is 36.8 Å². The maximum absolute atomic E-state index is 12.5. The Balaban J connectivity index is 1.26. The number of para-hydroxylation sites is 1. The van der Waals surface area contributed by atoms with E-state index in [-0.39, 0.29) is 24.5 Å². The predicted octanol–water partition coefficient (Wildman–Crippen LogP) is 3.51. The monoisotopic (exact) mass is 433 g/mol. The van der Waals surface area contributed by atoms with Crippen molar-refractivity contribution in [2.24, 2.45) is 0 Å². The van der Waals surface area contributed by atoms with Crippen molar-refractivity contribution in [3.63, 3.8) is 0 Å². The molecule has 156 valence electrons. The number of hydrogen-bond acceptors (Lipinski definition) is 7. The molecule has 9 heteroatoms. The lowest BCUT2D eigenvalue weighted by atomic mass is 10.1. The summed E-state index contributed by atoms with van der Waals surface area (Å²) < 4.78 is 12.5. The van der Waals surface area contributed by atoms with Crippen molar-refractivity contribution in [2.45, 2.75) is 18.0 Å². The van der Waals surface area contributed by atoms with E-state index in [1.165, 1.54) is 18.1 Å². The second kappa shape index (κ2) is 8.27. The normalized spacial score (nSPS) is 13.3. The fourth-order valence-corrected chi connectivity index (χ4v) is 4.15. The van der Waals surface area contributed by atoms with Crippen molar-refractivity contribution in [3.05, 3.63) is 66.6 Å². The molecule has 1 amide bonds. The first kappa shape index (κ1) is 19.4. The molecule has 1 N–H and O–H groups in total. The van der Waals surface area contributed by atoms with Gasteiger partial charge in [0, 0.05) is 0 Å². The third-order valence-corrected chi connectivity index (χ3v) is 5.95. The van der Waals surface area contributed by atoms with Crippen molar-refractivity contribution >= 4 is 28.7 Å². The van der Waals surface area contributed by atoms with Crippen LogP contribution in [0.3, 0.4) is 0 Å². The number of nitrogens with zero attached hydrogens (tertiary/aromatic N) is 4. The maximum Gasteiger partial charge on any atom is 0.231 e. The summed E-state index contributed by atoms with van der Waals surface area (Å²) in [5, 5.41) is 9.00. The third kappa shape index (κ3) is 3.91. The minimum atomic E-state index is -0.158. The number of rotatable bonds is 6. The maximum atomic E-state index is 12.5. The van der Waals surface area contributed by atoms with Crippen LogP contribution in [0, 0.1) is 0 Å². The highest BCUT2D eigenvalue weighted by atomic mass is 32.2. The second-order valence-corrected chi connectivity index (χ2v) is 7.96. The summed E-state index contributed by atoms with van der Waals surface area (Å²) in [6, 6.07) is 15.3. The first-order chi connectivity index (χ1) is 15.2. The Morgan fingerprint density at radius 2 is 2.00 bits per heavy atom. The molecular formula is C22H19N5O3S. The Bertz CT molecular complexity index is 1240. The summed E-state index contributed by atoms with van der Waals surface area (Å²) in [6.45, 7) is 2.16.